The molecule has 28 heavy (non-hydrogen) atoms. The van der Waals surface area contributed by atoms with Crippen LogP contribution in [0.4, 0.5) is 0 Å². The molecule has 2 heterocycles. The van der Waals surface area contributed by atoms with Crippen molar-refractivity contribution in [3.8, 4) is 5.69 Å². The van der Waals surface area contributed by atoms with E-state index in [1.807, 2.05) is 47.4 Å². The number of carbonyl (C=O) groups excluding carboxylic acids is 1. The Kier molecular flexibility index (Phi) is 5.53. The van der Waals surface area contributed by atoms with Gasteiger partial charge in [0.25, 0.3) is 5.91 Å². The number of aromatic nitrogens is 4. The van der Waals surface area contributed by atoms with Gasteiger partial charge in [0.1, 0.15) is 6.33 Å². The Morgan fingerprint density at radius 1 is 1.00 bits per heavy atom. The molecule has 7 heteroatoms. The van der Waals surface area contributed by atoms with Crippen molar-refractivity contribution < 1.29 is 4.79 Å². The second kappa shape index (κ2) is 8.58. The lowest BCUT2D eigenvalue weighted by molar-refractivity contribution is 0.0650. The summed E-state index contributed by atoms with van der Waals surface area (Å²) in [6.07, 6.45) is 5.84. The Morgan fingerprint density at radius 2 is 1.82 bits per heavy atom. The molecule has 3 aromatic rings. The zero-order chi connectivity index (χ0) is 19.2. The fourth-order valence-electron chi connectivity index (χ4n) is 3.28. The van der Waals surface area contributed by atoms with Gasteiger partial charge in [-0.2, -0.15) is 0 Å². The lowest BCUT2D eigenvalue weighted by Gasteiger charge is -2.34. The lowest BCUT2D eigenvalue weighted by atomic mass is 10.1. The van der Waals surface area contributed by atoms with Crippen molar-refractivity contribution in [2.24, 2.45) is 0 Å². The van der Waals surface area contributed by atoms with Crippen molar-refractivity contribution >= 4 is 12.0 Å². The minimum atomic E-state index is 0.0504. The monoisotopic (exact) mass is 374 g/mol. The third-order valence-electron chi connectivity index (χ3n) is 4.84. The minimum Gasteiger partial charge on any atom is -0.336 e. The molecular formula is C21H22N6O. The highest BCUT2D eigenvalue weighted by molar-refractivity contribution is 5.94. The summed E-state index contributed by atoms with van der Waals surface area (Å²) in [6, 6.07) is 17.7. The topological polar surface area (TPSA) is 67.2 Å². The number of rotatable bonds is 5. The number of amides is 1. The van der Waals surface area contributed by atoms with Crippen LogP contribution in [0.15, 0.2) is 67.0 Å². The van der Waals surface area contributed by atoms with E-state index in [1.54, 1.807) is 4.68 Å². The maximum Gasteiger partial charge on any atom is 0.254 e. The summed E-state index contributed by atoms with van der Waals surface area (Å²) in [7, 11) is 0. The van der Waals surface area contributed by atoms with Gasteiger partial charge in [-0.05, 0) is 34.2 Å². The summed E-state index contributed by atoms with van der Waals surface area (Å²) < 4.78 is 1.55. The first-order valence-electron chi connectivity index (χ1n) is 9.36. The van der Waals surface area contributed by atoms with E-state index in [4.69, 9.17) is 0 Å². The van der Waals surface area contributed by atoms with E-state index >= 15 is 0 Å². The van der Waals surface area contributed by atoms with Crippen LogP contribution in [-0.4, -0.2) is 68.6 Å². The molecule has 2 aromatic carbocycles. The summed E-state index contributed by atoms with van der Waals surface area (Å²) in [6.45, 7) is 4.10. The van der Waals surface area contributed by atoms with Crippen LogP contribution in [0.2, 0.25) is 0 Å². The number of benzene rings is 2. The largest absolute Gasteiger partial charge is 0.336 e. The summed E-state index contributed by atoms with van der Waals surface area (Å²) >= 11 is 0. The van der Waals surface area contributed by atoms with E-state index in [2.05, 4.69) is 44.7 Å². The molecule has 1 aliphatic rings. The van der Waals surface area contributed by atoms with Crippen LogP contribution in [0.3, 0.4) is 0 Å². The average molecular weight is 374 g/mol. The van der Waals surface area contributed by atoms with Crippen LogP contribution < -0.4 is 0 Å². The van der Waals surface area contributed by atoms with Crippen LogP contribution in [0.1, 0.15) is 15.9 Å². The third kappa shape index (κ3) is 4.32. The number of nitrogens with zero attached hydrogens (tertiary/aromatic N) is 6. The van der Waals surface area contributed by atoms with Gasteiger partial charge in [0.05, 0.1) is 5.69 Å². The highest BCUT2D eigenvalue weighted by Gasteiger charge is 2.21. The molecule has 1 aliphatic heterocycles. The molecule has 0 aliphatic carbocycles. The minimum absolute atomic E-state index is 0.0504. The van der Waals surface area contributed by atoms with E-state index in [9.17, 15) is 4.79 Å². The molecule has 7 nitrogen and oxygen atoms in total. The van der Waals surface area contributed by atoms with E-state index < -0.39 is 0 Å². The summed E-state index contributed by atoms with van der Waals surface area (Å²) in [5.41, 5.74) is 2.64. The number of piperazine rings is 1. The molecule has 0 atom stereocenters. The second-order valence-electron chi connectivity index (χ2n) is 6.71. The van der Waals surface area contributed by atoms with Crippen molar-refractivity contribution in [3.05, 3.63) is 78.1 Å². The molecule has 0 radical (unpaired) electrons. The Labute approximate surface area is 163 Å². The second-order valence-corrected chi connectivity index (χ2v) is 6.71. The van der Waals surface area contributed by atoms with Crippen molar-refractivity contribution in [1.82, 2.24) is 30.0 Å². The van der Waals surface area contributed by atoms with Crippen LogP contribution >= 0.6 is 0 Å². The lowest BCUT2D eigenvalue weighted by Crippen LogP contribution is -2.48. The highest BCUT2D eigenvalue weighted by atomic mass is 16.2. The molecule has 4 rings (SSSR count). The Bertz CT molecular complexity index is 931. The van der Waals surface area contributed by atoms with Gasteiger partial charge in [-0.3, -0.25) is 9.69 Å². The van der Waals surface area contributed by atoms with Crippen molar-refractivity contribution in [2.45, 2.75) is 0 Å². The molecule has 1 fully saturated rings. The van der Waals surface area contributed by atoms with Gasteiger partial charge in [-0.15, -0.1) is 5.10 Å². The van der Waals surface area contributed by atoms with E-state index in [0.717, 1.165) is 38.4 Å². The normalized spacial score (nSPS) is 15.2. The fraction of sp³-hybridized carbons (Fsp3) is 0.238. The van der Waals surface area contributed by atoms with Gasteiger partial charge in [0.2, 0.25) is 0 Å². The SMILES string of the molecule is O=C(c1cccc(-n2cnnn2)c1)N1CCN(CC=Cc2ccccc2)CC1. The summed E-state index contributed by atoms with van der Waals surface area (Å²) in [5, 5.41) is 11.2. The van der Waals surface area contributed by atoms with E-state index in [0.29, 0.717) is 5.56 Å². The van der Waals surface area contributed by atoms with Crippen molar-refractivity contribution in [1.29, 1.82) is 0 Å². The van der Waals surface area contributed by atoms with Gasteiger partial charge >= 0.3 is 0 Å². The summed E-state index contributed by atoms with van der Waals surface area (Å²) in [5.74, 6) is 0.0504. The number of hydrogen-bond acceptors (Lipinski definition) is 5. The van der Waals surface area contributed by atoms with Crippen LogP contribution in [0, 0.1) is 0 Å². The molecule has 0 bridgehead atoms. The standard InChI is InChI=1S/C21H22N6O/c28-21(19-9-4-10-20(16-19)27-17-22-23-24-27)26-14-12-25(13-15-26)11-5-8-18-6-2-1-3-7-18/h1-10,16-17H,11-15H2. The Morgan fingerprint density at radius 3 is 2.57 bits per heavy atom. The maximum atomic E-state index is 12.9. The zero-order valence-corrected chi connectivity index (χ0v) is 15.6. The van der Waals surface area contributed by atoms with Gasteiger partial charge in [-0.1, -0.05) is 48.6 Å². The third-order valence-corrected chi connectivity index (χ3v) is 4.84. The first-order chi connectivity index (χ1) is 13.8. The van der Waals surface area contributed by atoms with Gasteiger partial charge in [0, 0.05) is 38.3 Å². The summed E-state index contributed by atoms with van der Waals surface area (Å²) in [4.78, 5) is 17.1. The molecule has 0 N–H and O–H groups in total. The predicted molar refractivity (Wildman–Crippen MR) is 107 cm³/mol. The van der Waals surface area contributed by atoms with Crippen molar-refractivity contribution in [3.63, 3.8) is 0 Å². The maximum absolute atomic E-state index is 12.9. The molecule has 0 saturated carbocycles. The van der Waals surface area contributed by atoms with Crippen LogP contribution in [0.25, 0.3) is 11.8 Å². The Balaban J connectivity index is 1.32. The Hall–Kier alpha value is -3.32. The number of tetrazole rings is 1. The quantitative estimate of drug-likeness (QED) is 0.684. The molecule has 1 saturated heterocycles. The molecular weight excluding hydrogens is 352 g/mol. The van der Waals surface area contributed by atoms with Crippen molar-refractivity contribution in [2.75, 3.05) is 32.7 Å². The number of carbonyl (C=O) groups is 1. The molecule has 1 amide bonds. The fourth-order valence-corrected chi connectivity index (χ4v) is 3.28. The average Bonchev–Trinajstić information content (AvgIpc) is 3.30. The smallest absolute Gasteiger partial charge is 0.254 e. The van der Waals surface area contributed by atoms with E-state index in [1.165, 1.54) is 11.9 Å². The van der Waals surface area contributed by atoms with Crippen LogP contribution in [-0.2, 0) is 0 Å². The van der Waals surface area contributed by atoms with E-state index in [-0.39, 0.29) is 5.91 Å². The molecule has 1 aromatic heterocycles. The predicted octanol–water partition coefficient (Wildman–Crippen LogP) is 2.13. The van der Waals surface area contributed by atoms with Gasteiger partial charge in [-0.25, -0.2) is 4.68 Å². The molecule has 142 valence electrons. The molecule has 0 spiro atoms. The van der Waals surface area contributed by atoms with Gasteiger partial charge in [0.15, 0.2) is 0 Å². The highest BCUT2D eigenvalue weighted by Crippen LogP contribution is 2.13. The number of hydrogen-bond donors (Lipinski definition) is 0. The first-order valence-corrected chi connectivity index (χ1v) is 9.36. The van der Waals surface area contributed by atoms with Crippen LogP contribution in [0.5, 0.6) is 0 Å². The first kappa shape index (κ1) is 18.1. The van der Waals surface area contributed by atoms with Gasteiger partial charge < -0.3 is 4.90 Å². The molecule has 0 unspecified atom stereocenters. The zero-order valence-electron chi connectivity index (χ0n) is 15.6.